The van der Waals surface area contributed by atoms with E-state index in [2.05, 4.69) is 32.6 Å². The number of piperidine rings is 1. The van der Waals surface area contributed by atoms with Gasteiger partial charge in [-0.15, -0.1) is 0 Å². The smallest absolute Gasteiger partial charge is 0.0588 e. The average Bonchev–Trinajstić information content (AvgIpc) is 2.62. The first-order valence-corrected chi connectivity index (χ1v) is 4.80. The summed E-state index contributed by atoms with van der Waals surface area (Å²) in [5.74, 6) is 0. The van der Waals surface area contributed by atoms with Gasteiger partial charge < -0.3 is 3.11 Å². The number of allylic oxidation sites excluding steroid dienone is 1. The van der Waals surface area contributed by atoms with Gasteiger partial charge in [-0.1, -0.05) is 6.58 Å². The molecule has 1 aliphatic heterocycles. The number of rotatable bonds is 0. The average molecular weight is 249 g/mol. The maximum absolute atomic E-state index is 4.05. The van der Waals surface area contributed by atoms with Crippen molar-refractivity contribution >= 4 is 22.9 Å². The van der Waals surface area contributed by atoms with Gasteiger partial charge in [0.15, 0.2) is 0 Å². The van der Waals surface area contributed by atoms with Crippen LogP contribution in [0.25, 0.3) is 0 Å². The lowest BCUT2D eigenvalue weighted by Gasteiger charge is -2.30. The highest BCUT2D eigenvalue weighted by molar-refractivity contribution is 14.1. The van der Waals surface area contributed by atoms with E-state index in [4.69, 9.17) is 0 Å². The first kappa shape index (κ1) is 6.95. The van der Waals surface area contributed by atoms with Gasteiger partial charge in [0.2, 0.25) is 0 Å². The van der Waals surface area contributed by atoms with Crippen LogP contribution in [0.2, 0.25) is 0 Å². The van der Waals surface area contributed by atoms with Gasteiger partial charge in [0.25, 0.3) is 0 Å². The number of halogens is 1. The lowest BCUT2D eigenvalue weighted by molar-refractivity contribution is 0.343. The summed E-state index contributed by atoms with van der Waals surface area (Å²) in [7, 11) is 0. The lowest BCUT2D eigenvalue weighted by atomic mass is 9.93. The van der Waals surface area contributed by atoms with E-state index in [-0.39, 0.29) is 0 Å². The van der Waals surface area contributed by atoms with Crippen molar-refractivity contribution in [1.82, 2.24) is 3.11 Å². The third kappa shape index (κ3) is 1.06. The molecule has 1 saturated carbocycles. The fourth-order valence-electron chi connectivity index (χ4n) is 1.70. The molecule has 1 spiro atoms. The molecule has 0 amide bonds. The maximum atomic E-state index is 4.05. The van der Waals surface area contributed by atoms with E-state index in [0.29, 0.717) is 0 Å². The van der Waals surface area contributed by atoms with Crippen LogP contribution < -0.4 is 0 Å². The summed E-state index contributed by atoms with van der Waals surface area (Å²) in [5.41, 5.74) is 2.07. The molecule has 2 fully saturated rings. The van der Waals surface area contributed by atoms with Gasteiger partial charge in [-0.3, -0.25) is 0 Å². The van der Waals surface area contributed by atoms with Crippen molar-refractivity contribution < 1.29 is 0 Å². The standard InChI is InChI=1S/C8H12IN/c1-7-6-8(2-3-8)4-5-10(7)9/h1-6H2. The third-order valence-electron chi connectivity index (χ3n) is 2.72. The topological polar surface area (TPSA) is 3.24 Å². The molecule has 2 heteroatoms. The van der Waals surface area contributed by atoms with Crippen molar-refractivity contribution in [2.24, 2.45) is 5.41 Å². The molecular formula is C8H12IN. The normalized spacial score (nSPS) is 29.3. The number of hydrogen-bond donors (Lipinski definition) is 0. The zero-order valence-electron chi connectivity index (χ0n) is 6.07. The fraction of sp³-hybridized carbons (Fsp3) is 0.750. The van der Waals surface area contributed by atoms with E-state index in [9.17, 15) is 0 Å². The summed E-state index contributed by atoms with van der Waals surface area (Å²) < 4.78 is 2.27. The van der Waals surface area contributed by atoms with Crippen molar-refractivity contribution in [1.29, 1.82) is 0 Å². The second-order valence-electron chi connectivity index (χ2n) is 3.58. The highest BCUT2D eigenvalue weighted by Gasteiger charge is 2.45. The van der Waals surface area contributed by atoms with Crippen LogP contribution in [0.15, 0.2) is 12.3 Å². The molecule has 0 unspecified atom stereocenters. The zero-order chi connectivity index (χ0) is 7.19. The van der Waals surface area contributed by atoms with Crippen molar-refractivity contribution in [3.05, 3.63) is 12.3 Å². The molecule has 0 radical (unpaired) electrons. The first-order chi connectivity index (χ1) is 4.72. The molecule has 0 aromatic rings. The van der Waals surface area contributed by atoms with Crippen molar-refractivity contribution in [3.63, 3.8) is 0 Å². The Morgan fingerprint density at radius 1 is 1.40 bits per heavy atom. The van der Waals surface area contributed by atoms with Crippen molar-refractivity contribution in [2.75, 3.05) is 6.54 Å². The summed E-state index contributed by atoms with van der Waals surface area (Å²) in [4.78, 5) is 0. The largest absolute Gasteiger partial charge is 0.319 e. The van der Waals surface area contributed by atoms with Gasteiger partial charge in [0.1, 0.15) is 0 Å². The maximum Gasteiger partial charge on any atom is 0.0588 e. The highest BCUT2D eigenvalue weighted by atomic mass is 127. The van der Waals surface area contributed by atoms with E-state index in [1.807, 2.05) is 0 Å². The molecule has 0 aromatic carbocycles. The van der Waals surface area contributed by atoms with Gasteiger partial charge in [-0.25, -0.2) is 0 Å². The van der Waals surface area contributed by atoms with Crippen LogP contribution in [0.1, 0.15) is 25.7 Å². The van der Waals surface area contributed by atoms with Gasteiger partial charge in [0.05, 0.1) is 22.9 Å². The summed E-state index contributed by atoms with van der Waals surface area (Å²) in [6.07, 6.45) is 5.57. The van der Waals surface area contributed by atoms with Crippen LogP contribution in [0.4, 0.5) is 0 Å². The minimum absolute atomic E-state index is 0.735. The highest BCUT2D eigenvalue weighted by Crippen LogP contribution is 2.56. The minimum Gasteiger partial charge on any atom is -0.319 e. The van der Waals surface area contributed by atoms with E-state index in [1.165, 1.54) is 37.9 Å². The van der Waals surface area contributed by atoms with Crippen LogP contribution >= 0.6 is 22.9 Å². The Morgan fingerprint density at radius 2 is 2.10 bits per heavy atom. The molecule has 1 heterocycles. The van der Waals surface area contributed by atoms with Crippen LogP contribution in [0, 0.1) is 5.41 Å². The van der Waals surface area contributed by atoms with E-state index >= 15 is 0 Å². The predicted octanol–water partition coefficient (Wildman–Crippen LogP) is 2.73. The quantitative estimate of drug-likeness (QED) is 0.471. The molecule has 56 valence electrons. The Kier molecular flexibility index (Phi) is 1.48. The van der Waals surface area contributed by atoms with E-state index in [1.54, 1.807) is 0 Å². The van der Waals surface area contributed by atoms with Gasteiger partial charge >= 0.3 is 0 Å². The van der Waals surface area contributed by atoms with Gasteiger partial charge in [0, 0.05) is 12.2 Å². The molecule has 2 aliphatic rings. The van der Waals surface area contributed by atoms with Crippen LogP contribution in [0.5, 0.6) is 0 Å². The second kappa shape index (κ2) is 2.13. The van der Waals surface area contributed by atoms with Gasteiger partial charge in [-0.2, -0.15) is 0 Å². The first-order valence-electron chi connectivity index (χ1n) is 3.83. The monoisotopic (exact) mass is 249 g/mol. The molecule has 0 bridgehead atoms. The molecule has 1 aliphatic carbocycles. The third-order valence-corrected chi connectivity index (χ3v) is 3.88. The van der Waals surface area contributed by atoms with Crippen molar-refractivity contribution in [2.45, 2.75) is 25.7 Å². The lowest BCUT2D eigenvalue weighted by Crippen LogP contribution is -2.24. The Morgan fingerprint density at radius 3 is 2.60 bits per heavy atom. The SMILES string of the molecule is C=C1CC2(CCN1I)CC2. The second-order valence-corrected chi connectivity index (χ2v) is 4.74. The Hall–Kier alpha value is 0.270. The van der Waals surface area contributed by atoms with Crippen LogP contribution in [0.3, 0.4) is 0 Å². The molecule has 1 nitrogen and oxygen atoms in total. The summed E-state index contributed by atoms with van der Waals surface area (Å²) in [6, 6.07) is 0. The molecule has 2 rings (SSSR count). The number of hydrogen-bond acceptors (Lipinski definition) is 1. The minimum atomic E-state index is 0.735. The Labute approximate surface area is 76.0 Å². The molecule has 1 saturated heterocycles. The summed E-state index contributed by atoms with van der Waals surface area (Å²) in [5, 5.41) is 0. The Bertz CT molecular complexity index is 172. The molecule has 10 heavy (non-hydrogen) atoms. The zero-order valence-corrected chi connectivity index (χ0v) is 8.23. The fourth-order valence-corrected chi connectivity index (χ4v) is 2.12. The van der Waals surface area contributed by atoms with E-state index < -0.39 is 0 Å². The van der Waals surface area contributed by atoms with Crippen LogP contribution in [-0.2, 0) is 0 Å². The number of nitrogens with zero attached hydrogens (tertiary/aromatic N) is 1. The molecular weight excluding hydrogens is 237 g/mol. The van der Waals surface area contributed by atoms with Crippen LogP contribution in [-0.4, -0.2) is 9.66 Å². The predicted molar refractivity (Wildman–Crippen MR) is 50.8 cm³/mol. The van der Waals surface area contributed by atoms with Crippen molar-refractivity contribution in [3.8, 4) is 0 Å². The summed E-state index contributed by atoms with van der Waals surface area (Å²) in [6.45, 7) is 5.27. The van der Waals surface area contributed by atoms with Gasteiger partial charge in [-0.05, 0) is 31.1 Å². The molecule has 0 N–H and O–H groups in total. The molecule has 0 aromatic heterocycles. The Balaban J connectivity index is 2.04. The molecule has 0 atom stereocenters. The van der Waals surface area contributed by atoms with E-state index in [0.717, 1.165) is 5.41 Å². The summed E-state index contributed by atoms with van der Waals surface area (Å²) >= 11 is 2.36.